The van der Waals surface area contributed by atoms with Crippen LogP contribution < -0.4 is 5.32 Å². The predicted molar refractivity (Wildman–Crippen MR) is 75.2 cm³/mol. The molecule has 1 heterocycles. The molecular weight excluding hydrogens is 254 g/mol. The Morgan fingerprint density at radius 2 is 2.20 bits per heavy atom. The molecule has 0 aliphatic heterocycles. The van der Waals surface area contributed by atoms with Crippen molar-refractivity contribution >= 4 is 5.91 Å². The third kappa shape index (κ3) is 3.20. The molecule has 2 N–H and O–H groups in total. The van der Waals surface area contributed by atoms with Gasteiger partial charge in [-0.05, 0) is 31.9 Å². The van der Waals surface area contributed by atoms with Crippen molar-refractivity contribution in [1.82, 2.24) is 25.9 Å². The zero-order chi connectivity index (χ0) is 14.5. The van der Waals surface area contributed by atoms with Gasteiger partial charge in [-0.2, -0.15) is 5.21 Å². The third-order valence-electron chi connectivity index (χ3n) is 3.19. The Balaban J connectivity index is 2.18. The summed E-state index contributed by atoms with van der Waals surface area (Å²) < 4.78 is 0. The number of carbonyl (C=O) groups is 1. The van der Waals surface area contributed by atoms with Gasteiger partial charge in [0, 0.05) is 5.56 Å². The van der Waals surface area contributed by atoms with Gasteiger partial charge in [0.1, 0.15) is 0 Å². The van der Waals surface area contributed by atoms with E-state index in [0.717, 1.165) is 24.0 Å². The Kier molecular flexibility index (Phi) is 4.45. The zero-order valence-corrected chi connectivity index (χ0v) is 12.0. The maximum Gasteiger partial charge on any atom is 0.252 e. The van der Waals surface area contributed by atoms with Crippen molar-refractivity contribution in [2.75, 3.05) is 0 Å². The number of aromatic nitrogens is 4. The van der Waals surface area contributed by atoms with Gasteiger partial charge in [0.2, 0.25) is 0 Å². The van der Waals surface area contributed by atoms with Gasteiger partial charge in [-0.15, -0.1) is 10.2 Å². The number of aromatic amines is 1. The fourth-order valence-corrected chi connectivity index (χ4v) is 2.09. The molecule has 0 spiro atoms. The van der Waals surface area contributed by atoms with Gasteiger partial charge in [0.15, 0.2) is 5.82 Å². The molecule has 2 aromatic rings. The Labute approximate surface area is 118 Å². The van der Waals surface area contributed by atoms with Crippen LogP contribution >= 0.6 is 0 Å². The molecule has 0 aliphatic carbocycles. The first kappa shape index (κ1) is 14.2. The van der Waals surface area contributed by atoms with Crippen molar-refractivity contribution in [3.05, 3.63) is 40.7 Å². The highest BCUT2D eigenvalue weighted by atomic mass is 16.1. The van der Waals surface area contributed by atoms with Crippen LogP contribution in [0.3, 0.4) is 0 Å². The van der Waals surface area contributed by atoms with Crippen molar-refractivity contribution in [1.29, 1.82) is 0 Å². The molecule has 1 amide bonds. The molecule has 1 aromatic carbocycles. The van der Waals surface area contributed by atoms with E-state index in [0.29, 0.717) is 11.4 Å². The molecule has 1 aromatic heterocycles. The van der Waals surface area contributed by atoms with E-state index in [1.165, 1.54) is 0 Å². The summed E-state index contributed by atoms with van der Waals surface area (Å²) in [4.78, 5) is 12.4. The Morgan fingerprint density at radius 3 is 2.85 bits per heavy atom. The van der Waals surface area contributed by atoms with E-state index >= 15 is 0 Å². The van der Waals surface area contributed by atoms with Gasteiger partial charge in [-0.1, -0.05) is 36.3 Å². The number of amides is 1. The number of carbonyl (C=O) groups excluding carboxylic acids is 1. The van der Waals surface area contributed by atoms with Crippen LogP contribution in [-0.4, -0.2) is 26.5 Å². The highest BCUT2D eigenvalue weighted by molar-refractivity contribution is 5.96. The molecule has 6 nitrogen and oxygen atoms in total. The first-order chi connectivity index (χ1) is 9.61. The molecule has 0 radical (unpaired) electrons. The number of nitrogens with zero attached hydrogens (tertiary/aromatic N) is 3. The molecule has 2 rings (SSSR count). The molecule has 0 fully saturated rings. The van der Waals surface area contributed by atoms with Crippen LogP contribution in [0, 0.1) is 13.8 Å². The molecule has 20 heavy (non-hydrogen) atoms. The molecular formula is C14H19N5O. The lowest BCUT2D eigenvalue weighted by atomic mass is 10.0. The number of benzene rings is 1. The van der Waals surface area contributed by atoms with Crippen LogP contribution in [0.5, 0.6) is 0 Å². The Bertz CT molecular complexity index is 579. The summed E-state index contributed by atoms with van der Waals surface area (Å²) in [5.41, 5.74) is 2.71. The lowest BCUT2D eigenvalue weighted by Gasteiger charge is -2.15. The number of hydrogen-bond donors (Lipinski definition) is 2. The van der Waals surface area contributed by atoms with Crippen LogP contribution in [0.1, 0.15) is 53.1 Å². The normalized spacial score (nSPS) is 12.2. The number of rotatable bonds is 5. The van der Waals surface area contributed by atoms with Crippen LogP contribution in [-0.2, 0) is 0 Å². The fourth-order valence-electron chi connectivity index (χ4n) is 2.09. The summed E-state index contributed by atoms with van der Waals surface area (Å²) in [7, 11) is 0. The highest BCUT2D eigenvalue weighted by Gasteiger charge is 2.19. The van der Waals surface area contributed by atoms with E-state index in [1.807, 2.05) is 32.0 Å². The summed E-state index contributed by atoms with van der Waals surface area (Å²) in [6, 6.07) is 5.62. The largest absolute Gasteiger partial charge is 0.342 e. The summed E-state index contributed by atoms with van der Waals surface area (Å²) in [5.74, 6) is 0.417. The van der Waals surface area contributed by atoms with E-state index in [9.17, 15) is 4.79 Å². The molecule has 0 saturated carbocycles. The second-order valence-electron chi connectivity index (χ2n) is 4.90. The minimum Gasteiger partial charge on any atom is -0.342 e. The molecule has 0 bridgehead atoms. The zero-order valence-electron chi connectivity index (χ0n) is 12.0. The van der Waals surface area contributed by atoms with Gasteiger partial charge in [-0.25, -0.2) is 0 Å². The van der Waals surface area contributed by atoms with Crippen LogP contribution in [0.4, 0.5) is 0 Å². The van der Waals surface area contributed by atoms with Crippen LogP contribution in [0.15, 0.2) is 18.2 Å². The summed E-state index contributed by atoms with van der Waals surface area (Å²) in [6.45, 7) is 5.95. The van der Waals surface area contributed by atoms with E-state index in [-0.39, 0.29) is 11.9 Å². The maximum absolute atomic E-state index is 12.4. The number of nitrogens with one attached hydrogen (secondary N) is 2. The van der Waals surface area contributed by atoms with Crippen molar-refractivity contribution in [3.63, 3.8) is 0 Å². The lowest BCUT2D eigenvalue weighted by Crippen LogP contribution is -2.30. The smallest absolute Gasteiger partial charge is 0.252 e. The standard InChI is InChI=1S/C14H19N5O/c1-4-5-12(13-16-18-19-17-13)15-14(20)11-8-9(2)6-7-10(11)3/h6-8,12H,4-5H2,1-3H3,(H,15,20)(H,16,17,18,19)/t12-/m1/s1. The summed E-state index contributed by atoms with van der Waals surface area (Å²) in [5, 5.41) is 16.9. The lowest BCUT2D eigenvalue weighted by molar-refractivity contribution is 0.0932. The minimum atomic E-state index is -0.217. The first-order valence-electron chi connectivity index (χ1n) is 6.73. The van der Waals surface area contributed by atoms with E-state index in [1.54, 1.807) is 0 Å². The quantitative estimate of drug-likeness (QED) is 0.873. The third-order valence-corrected chi connectivity index (χ3v) is 3.19. The van der Waals surface area contributed by atoms with Crippen LogP contribution in [0.25, 0.3) is 0 Å². The molecule has 106 valence electrons. The van der Waals surface area contributed by atoms with Gasteiger partial charge in [0.05, 0.1) is 6.04 Å². The van der Waals surface area contributed by atoms with Crippen molar-refractivity contribution < 1.29 is 4.79 Å². The molecule has 1 atom stereocenters. The number of H-pyrrole nitrogens is 1. The minimum absolute atomic E-state index is 0.102. The SMILES string of the molecule is CCC[C@@H](NC(=O)c1cc(C)ccc1C)c1nn[nH]n1. The topological polar surface area (TPSA) is 83.6 Å². The second-order valence-corrected chi connectivity index (χ2v) is 4.90. The first-order valence-corrected chi connectivity index (χ1v) is 6.73. The average molecular weight is 273 g/mol. The molecule has 0 aliphatic rings. The van der Waals surface area contributed by atoms with Crippen LogP contribution in [0.2, 0.25) is 0 Å². The van der Waals surface area contributed by atoms with Gasteiger partial charge >= 0.3 is 0 Å². The fraction of sp³-hybridized carbons (Fsp3) is 0.429. The summed E-state index contributed by atoms with van der Waals surface area (Å²) in [6.07, 6.45) is 1.70. The van der Waals surface area contributed by atoms with Gasteiger partial charge < -0.3 is 5.32 Å². The average Bonchev–Trinajstić information content (AvgIpc) is 2.95. The van der Waals surface area contributed by atoms with Gasteiger partial charge in [0.25, 0.3) is 5.91 Å². The summed E-state index contributed by atoms with van der Waals surface area (Å²) >= 11 is 0. The van der Waals surface area contributed by atoms with Crippen molar-refractivity contribution in [2.45, 2.75) is 39.7 Å². The van der Waals surface area contributed by atoms with Crippen molar-refractivity contribution in [3.8, 4) is 0 Å². The number of aryl methyl sites for hydroxylation is 2. The monoisotopic (exact) mass is 273 g/mol. The Morgan fingerprint density at radius 1 is 1.40 bits per heavy atom. The number of tetrazole rings is 1. The molecule has 6 heteroatoms. The maximum atomic E-state index is 12.4. The second kappa shape index (κ2) is 6.27. The molecule has 0 unspecified atom stereocenters. The van der Waals surface area contributed by atoms with Crippen molar-refractivity contribution in [2.24, 2.45) is 0 Å². The van der Waals surface area contributed by atoms with E-state index in [4.69, 9.17) is 0 Å². The molecule has 0 saturated heterocycles. The predicted octanol–water partition coefficient (Wildman–Crippen LogP) is 2.09. The highest BCUT2D eigenvalue weighted by Crippen LogP contribution is 2.16. The van der Waals surface area contributed by atoms with E-state index < -0.39 is 0 Å². The Hall–Kier alpha value is -2.24. The number of hydrogen-bond acceptors (Lipinski definition) is 4. The van der Waals surface area contributed by atoms with E-state index in [2.05, 4.69) is 32.9 Å². The van der Waals surface area contributed by atoms with Gasteiger partial charge in [-0.3, -0.25) is 4.79 Å².